The van der Waals surface area contributed by atoms with E-state index in [-0.39, 0.29) is 17.5 Å². The summed E-state index contributed by atoms with van der Waals surface area (Å²) in [5.41, 5.74) is 5.14. The zero-order valence-electron chi connectivity index (χ0n) is 15.4. The number of benzene rings is 2. The highest BCUT2D eigenvalue weighted by Crippen LogP contribution is 2.40. The van der Waals surface area contributed by atoms with E-state index in [0.717, 1.165) is 27.9 Å². The Morgan fingerprint density at radius 1 is 0.840 bits per heavy atom. The van der Waals surface area contributed by atoms with Crippen LogP contribution in [0.15, 0.2) is 42.5 Å². The van der Waals surface area contributed by atoms with Crippen molar-refractivity contribution < 1.29 is 9.59 Å². The number of Topliss-reactive ketones (excluding diaryl/α,β-unsaturated/α-hetero) is 2. The molecule has 0 unspecified atom stereocenters. The molecule has 3 nitrogen and oxygen atoms in total. The molecule has 0 saturated heterocycles. The Balaban J connectivity index is 1.94. The first-order chi connectivity index (χ1) is 11.9. The van der Waals surface area contributed by atoms with Crippen molar-refractivity contribution in [1.29, 1.82) is 0 Å². The van der Waals surface area contributed by atoms with Crippen LogP contribution >= 0.6 is 0 Å². The predicted molar refractivity (Wildman–Crippen MR) is 101 cm³/mol. The highest BCUT2D eigenvalue weighted by Gasteiger charge is 2.38. The van der Waals surface area contributed by atoms with Crippen LogP contribution in [-0.2, 0) is 9.59 Å². The zero-order chi connectivity index (χ0) is 18.1. The molecular formula is C22H25NO2. The summed E-state index contributed by atoms with van der Waals surface area (Å²) in [4.78, 5) is 27.9. The summed E-state index contributed by atoms with van der Waals surface area (Å²) in [6.07, 6.45) is 0.851. The molecule has 0 heterocycles. The molecule has 25 heavy (non-hydrogen) atoms. The largest absolute Gasteiger partial charge is 0.377 e. The van der Waals surface area contributed by atoms with Gasteiger partial charge in [-0.3, -0.25) is 9.59 Å². The number of carbonyl (C=O) groups is 2. The third-order valence-electron chi connectivity index (χ3n) is 5.23. The molecule has 2 aromatic carbocycles. The Morgan fingerprint density at radius 3 is 1.96 bits per heavy atom. The lowest BCUT2D eigenvalue weighted by Gasteiger charge is -2.30. The first-order valence-corrected chi connectivity index (χ1v) is 8.78. The molecule has 0 N–H and O–H groups in total. The van der Waals surface area contributed by atoms with E-state index in [1.54, 1.807) is 0 Å². The van der Waals surface area contributed by atoms with Gasteiger partial charge in [-0.1, -0.05) is 36.4 Å². The van der Waals surface area contributed by atoms with E-state index in [0.29, 0.717) is 12.8 Å². The molecule has 3 rings (SSSR count). The second-order valence-electron chi connectivity index (χ2n) is 7.23. The number of ketones is 2. The normalized spacial score (nSPS) is 20.6. The molecule has 2 aromatic rings. The minimum atomic E-state index is -0.594. The minimum absolute atomic E-state index is 0.0285. The summed E-state index contributed by atoms with van der Waals surface area (Å²) in [6.45, 7) is 3.96. The minimum Gasteiger partial charge on any atom is -0.377 e. The molecule has 1 fully saturated rings. The van der Waals surface area contributed by atoms with Gasteiger partial charge >= 0.3 is 0 Å². The second kappa shape index (κ2) is 6.83. The van der Waals surface area contributed by atoms with Gasteiger partial charge in [-0.15, -0.1) is 0 Å². The molecule has 1 saturated carbocycles. The molecule has 130 valence electrons. The molecule has 0 amide bonds. The number of nitrogens with zero attached hydrogens (tertiary/aromatic N) is 1. The Morgan fingerprint density at radius 2 is 1.40 bits per heavy atom. The van der Waals surface area contributed by atoms with Gasteiger partial charge in [0.25, 0.3) is 0 Å². The SMILES string of the molecule is Cc1cccc(C)c1C1C(=O)CC(c2ccccc2N(C)C)CC1=O. The predicted octanol–water partition coefficient (Wildman–Crippen LogP) is 4.17. The molecule has 0 radical (unpaired) electrons. The van der Waals surface area contributed by atoms with E-state index in [9.17, 15) is 9.59 Å². The highest BCUT2D eigenvalue weighted by molar-refractivity contribution is 6.10. The fraction of sp³-hybridized carbons (Fsp3) is 0.364. The van der Waals surface area contributed by atoms with E-state index in [1.165, 1.54) is 0 Å². The first-order valence-electron chi connectivity index (χ1n) is 8.78. The van der Waals surface area contributed by atoms with Crippen molar-refractivity contribution in [2.45, 2.75) is 38.5 Å². The van der Waals surface area contributed by atoms with Gasteiger partial charge in [0.05, 0.1) is 0 Å². The average Bonchev–Trinajstić information content (AvgIpc) is 2.56. The Labute approximate surface area is 149 Å². The van der Waals surface area contributed by atoms with E-state index in [2.05, 4.69) is 0 Å². The molecule has 0 bridgehead atoms. The summed E-state index contributed by atoms with van der Waals surface area (Å²) in [5.74, 6) is -0.525. The lowest BCUT2D eigenvalue weighted by Crippen LogP contribution is -2.32. The second-order valence-corrected chi connectivity index (χ2v) is 7.23. The number of aryl methyl sites for hydroxylation is 2. The maximum Gasteiger partial charge on any atom is 0.148 e. The van der Waals surface area contributed by atoms with Crippen molar-refractivity contribution in [3.05, 3.63) is 64.7 Å². The van der Waals surface area contributed by atoms with E-state index < -0.39 is 5.92 Å². The van der Waals surface area contributed by atoms with Gasteiger partial charge in [-0.25, -0.2) is 0 Å². The third kappa shape index (κ3) is 3.23. The summed E-state index contributed by atoms with van der Waals surface area (Å²) < 4.78 is 0. The lowest BCUT2D eigenvalue weighted by molar-refractivity contribution is -0.132. The van der Waals surface area contributed by atoms with Crippen molar-refractivity contribution in [2.75, 3.05) is 19.0 Å². The van der Waals surface area contributed by atoms with Crippen molar-refractivity contribution in [3.8, 4) is 0 Å². The van der Waals surface area contributed by atoms with Crippen LogP contribution in [0.1, 0.15) is 46.9 Å². The smallest absolute Gasteiger partial charge is 0.148 e. The van der Waals surface area contributed by atoms with Crippen LogP contribution in [0.25, 0.3) is 0 Å². The van der Waals surface area contributed by atoms with Crippen LogP contribution < -0.4 is 4.90 Å². The zero-order valence-corrected chi connectivity index (χ0v) is 15.4. The van der Waals surface area contributed by atoms with Crippen LogP contribution in [-0.4, -0.2) is 25.7 Å². The lowest BCUT2D eigenvalue weighted by atomic mass is 9.72. The van der Waals surface area contributed by atoms with E-state index in [4.69, 9.17) is 0 Å². The van der Waals surface area contributed by atoms with E-state index >= 15 is 0 Å². The fourth-order valence-corrected chi connectivity index (χ4v) is 4.04. The standard InChI is InChI=1S/C22H25NO2/c1-14-8-7-9-15(2)21(14)22-19(24)12-16(13-20(22)25)17-10-5-6-11-18(17)23(3)4/h5-11,16,22H,12-13H2,1-4H3. The van der Waals surface area contributed by atoms with Gasteiger partial charge in [-0.05, 0) is 48.1 Å². The summed E-state index contributed by atoms with van der Waals surface area (Å²) in [6, 6.07) is 14.0. The van der Waals surface area contributed by atoms with Crippen LogP contribution in [0.4, 0.5) is 5.69 Å². The van der Waals surface area contributed by atoms with Crippen LogP contribution in [0.5, 0.6) is 0 Å². The number of hydrogen-bond acceptors (Lipinski definition) is 3. The topological polar surface area (TPSA) is 37.4 Å². The molecule has 0 aliphatic heterocycles. The fourth-order valence-electron chi connectivity index (χ4n) is 4.04. The molecule has 0 spiro atoms. The van der Waals surface area contributed by atoms with Gasteiger partial charge in [0.2, 0.25) is 0 Å². The molecule has 0 aromatic heterocycles. The maximum absolute atomic E-state index is 12.9. The monoisotopic (exact) mass is 335 g/mol. The van der Waals surface area contributed by atoms with Crippen molar-refractivity contribution in [3.63, 3.8) is 0 Å². The Hall–Kier alpha value is -2.42. The highest BCUT2D eigenvalue weighted by atomic mass is 16.2. The van der Waals surface area contributed by atoms with Gasteiger partial charge in [0.15, 0.2) is 0 Å². The Bertz CT molecular complexity index is 784. The number of carbonyl (C=O) groups excluding carboxylic acids is 2. The van der Waals surface area contributed by atoms with Gasteiger partial charge in [0.1, 0.15) is 17.5 Å². The molecule has 1 aliphatic rings. The van der Waals surface area contributed by atoms with Gasteiger partial charge < -0.3 is 4.90 Å². The van der Waals surface area contributed by atoms with Crippen molar-refractivity contribution >= 4 is 17.3 Å². The molecule has 3 heteroatoms. The van der Waals surface area contributed by atoms with E-state index in [1.807, 2.05) is 75.3 Å². The van der Waals surface area contributed by atoms with Gasteiger partial charge in [-0.2, -0.15) is 0 Å². The quantitative estimate of drug-likeness (QED) is 0.790. The summed E-state index contributed by atoms with van der Waals surface area (Å²) in [7, 11) is 3.98. The van der Waals surface area contributed by atoms with Crippen molar-refractivity contribution in [1.82, 2.24) is 0 Å². The summed E-state index contributed by atoms with van der Waals surface area (Å²) in [5, 5.41) is 0. The first kappa shape index (κ1) is 17.4. The van der Waals surface area contributed by atoms with Crippen LogP contribution in [0.2, 0.25) is 0 Å². The van der Waals surface area contributed by atoms with Crippen molar-refractivity contribution in [2.24, 2.45) is 0 Å². The Kier molecular flexibility index (Phi) is 4.76. The molecule has 0 atom stereocenters. The van der Waals surface area contributed by atoms with Crippen LogP contribution in [0, 0.1) is 13.8 Å². The number of rotatable bonds is 3. The third-order valence-corrected chi connectivity index (χ3v) is 5.23. The van der Waals surface area contributed by atoms with Crippen LogP contribution in [0.3, 0.4) is 0 Å². The number of hydrogen-bond donors (Lipinski definition) is 0. The summed E-state index contributed by atoms with van der Waals surface area (Å²) >= 11 is 0. The average molecular weight is 335 g/mol. The number of anilines is 1. The number of para-hydroxylation sites is 1. The molecular weight excluding hydrogens is 310 g/mol. The maximum atomic E-state index is 12.9. The molecule has 1 aliphatic carbocycles. The van der Waals surface area contributed by atoms with Gasteiger partial charge in [0, 0.05) is 32.6 Å².